The molecule has 2 nitrogen and oxygen atoms in total. The van der Waals surface area contributed by atoms with Gasteiger partial charge in [0.05, 0.1) is 11.4 Å². The van der Waals surface area contributed by atoms with Gasteiger partial charge < -0.3 is 5.11 Å². The van der Waals surface area contributed by atoms with Crippen molar-refractivity contribution >= 4 is 22.2 Å². The molecule has 1 unspecified atom stereocenters. The third-order valence-electron chi connectivity index (χ3n) is 4.67. The van der Waals surface area contributed by atoms with Crippen LogP contribution in [0.5, 0.6) is 0 Å². The van der Waals surface area contributed by atoms with Crippen LogP contribution in [-0.2, 0) is 12.0 Å². The summed E-state index contributed by atoms with van der Waals surface area (Å²) in [6.07, 6.45) is 0.593. The molecule has 2 aliphatic rings. The molecule has 2 heteroatoms. The molecule has 100 valence electrons. The van der Waals surface area contributed by atoms with E-state index < -0.39 is 5.60 Å². The van der Waals surface area contributed by atoms with E-state index in [0.717, 1.165) is 33.5 Å². The molecule has 1 aliphatic heterocycles. The van der Waals surface area contributed by atoms with Gasteiger partial charge in [-0.2, -0.15) is 0 Å². The minimum atomic E-state index is -0.989. The van der Waals surface area contributed by atoms with Gasteiger partial charge in [-0.05, 0) is 28.0 Å². The van der Waals surface area contributed by atoms with E-state index in [4.69, 9.17) is 4.99 Å². The van der Waals surface area contributed by atoms with E-state index in [2.05, 4.69) is 24.3 Å². The lowest BCUT2D eigenvalue weighted by Gasteiger charge is -2.30. The summed E-state index contributed by atoms with van der Waals surface area (Å²) in [7, 11) is 0. The first kappa shape index (κ1) is 11.2. The van der Waals surface area contributed by atoms with Gasteiger partial charge in [-0.25, -0.2) is 4.99 Å². The van der Waals surface area contributed by atoms with Gasteiger partial charge in [0.2, 0.25) is 0 Å². The molecule has 0 spiro atoms. The number of hydrogen-bond donors (Lipinski definition) is 1. The van der Waals surface area contributed by atoms with E-state index in [-0.39, 0.29) is 0 Å². The third-order valence-corrected chi connectivity index (χ3v) is 4.67. The maximum Gasteiger partial charge on any atom is 0.137 e. The minimum absolute atomic E-state index is 0.593. The Morgan fingerprint density at radius 1 is 0.905 bits per heavy atom. The Hall–Kier alpha value is -2.45. The summed E-state index contributed by atoms with van der Waals surface area (Å²) in [4.78, 5) is 4.79. The van der Waals surface area contributed by atoms with Crippen molar-refractivity contribution in [3.8, 4) is 0 Å². The third kappa shape index (κ3) is 1.28. The molecule has 1 atom stereocenters. The van der Waals surface area contributed by atoms with Gasteiger partial charge >= 0.3 is 0 Å². The smallest absolute Gasteiger partial charge is 0.137 e. The zero-order chi connectivity index (χ0) is 14.0. The van der Waals surface area contributed by atoms with Crippen LogP contribution in [0.15, 0.2) is 65.7 Å². The van der Waals surface area contributed by atoms with Crippen LogP contribution in [0.1, 0.15) is 16.7 Å². The van der Waals surface area contributed by atoms with Gasteiger partial charge in [0.25, 0.3) is 0 Å². The van der Waals surface area contributed by atoms with Gasteiger partial charge in [0, 0.05) is 12.0 Å². The van der Waals surface area contributed by atoms with Crippen molar-refractivity contribution in [3.63, 3.8) is 0 Å². The number of rotatable bonds is 0. The van der Waals surface area contributed by atoms with Crippen molar-refractivity contribution in [3.05, 3.63) is 77.4 Å². The highest BCUT2D eigenvalue weighted by molar-refractivity contribution is 6.23. The fourth-order valence-electron chi connectivity index (χ4n) is 3.73. The summed E-state index contributed by atoms with van der Waals surface area (Å²) in [5, 5.41) is 13.7. The first-order valence-corrected chi connectivity index (χ1v) is 7.19. The van der Waals surface area contributed by atoms with Crippen LogP contribution in [0, 0.1) is 0 Å². The Kier molecular flexibility index (Phi) is 1.93. The molecular weight excluding hydrogens is 258 g/mol. The Morgan fingerprint density at radius 2 is 1.71 bits per heavy atom. The number of hydrogen-bond acceptors (Lipinski definition) is 2. The maximum absolute atomic E-state index is 11.4. The van der Waals surface area contributed by atoms with Gasteiger partial charge in [0.1, 0.15) is 5.60 Å². The topological polar surface area (TPSA) is 32.6 Å². The summed E-state index contributed by atoms with van der Waals surface area (Å²) in [6.45, 7) is 0. The largest absolute Gasteiger partial charge is 0.378 e. The van der Waals surface area contributed by atoms with Gasteiger partial charge in [-0.15, -0.1) is 0 Å². The molecule has 1 heterocycles. The molecule has 0 saturated heterocycles. The van der Waals surface area contributed by atoms with Crippen LogP contribution in [0.25, 0.3) is 10.8 Å². The average molecular weight is 271 g/mol. The molecule has 1 N–H and O–H groups in total. The van der Waals surface area contributed by atoms with Crippen molar-refractivity contribution in [2.75, 3.05) is 0 Å². The molecular formula is C19H13NO. The Balaban J connectivity index is 1.92. The molecule has 0 fully saturated rings. The minimum Gasteiger partial charge on any atom is -0.378 e. The van der Waals surface area contributed by atoms with Crippen LogP contribution in [-0.4, -0.2) is 10.8 Å². The average Bonchev–Trinajstić information content (AvgIpc) is 2.76. The van der Waals surface area contributed by atoms with E-state index >= 15 is 0 Å². The van der Waals surface area contributed by atoms with Gasteiger partial charge in [-0.1, -0.05) is 54.6 Å². The second-order valence-corrected chi connectivity index (χ2v) is 5.84. The van der Waals surface area contributed by atoms with Crippen molar-refractivity contribution in [2.45, 2.75) is 12.0 Å². The summed E-state index contributed by atoms with van der Waals surface area (Å²) >= 11 is 0. The van der Waals surface area contributed by atoms with E-state index in [0.29, 0.717) is 6.42 Å². The van der Waals surface area contributed by atoms with Crippen LogP contribution >= 0.6 is 0 Å². The van der Waals surface area contributed by atoms with Crippen LogP contribution in [0.3, 0.4) is 0 Å². The molecule has 0 saturated carbocycles. The molecule has 3 aromatic carbocycles. The Bertz CT molecular complexity index is 936. The standard InChI is InChI=1S/C19H13NO/c21-19-11-13-5-1-2-10-16(13)20-18(19)14-8-3-6-12-7-4-9-15(19)17(12)14/h1-10,21H,11H2. The number of benzene rings is 3. The highest BCUT2D eigenvalue weighted by Crippen LogP contribution is 2.47. The van der Waals surface area contributed by atoms with E-state index in [1.807, 2.05) is 36.4 Å². The second-order valence-electron chi connectivity index (χ2n) is 5.84. The molecule has 0 radical (unpaired) electrons. The number of fused-ring (bicyclic) bond motifs is 4. The zero-order valence-electron chi connectivity index (χ0n) is 11.4. The van der Waals surface area contributed by atoms with E-state index in [9.17, 15) is 5.11 Å². The Morgan fingerprint density at radius 3 is 2.62 bits per heavy atom. The molecule has 0 aromatic heterocycles. The molecule has 5 rings (SSSR count). The summed E-state index contributed by atoms with van der Waals surface area (Å²) in [6, 6.07) is 20.4. The molecule has 0 bridgehead atoms. The predicted molar refractivity (Wildman–Crippen MR) is 84.2 cm³/mol. The summed E-state index contributed by atoms with van der Waals surface area (Å²) in [5.41, 5.74) is 3.95. The Labute approximate surface area is 122 Å². The first-order chi connectivity index (χ1) is 10.3. The number of aliphatic hydroxyl groups is 1. The lowest BCUT2D eigenvalue weighted by molar-refractivity contribution is 0.115. The van der Waals surface area contributed by atoms with E-state index in [1.54, 1.807) is 0 Å². The molecule has 1 aliphatic carbocycles. The SMILES string of the molecule is OC12Cc3ccccc3N=C1c1cccc3cccc2c13. The van der Waals surface area contributed by atoms with Crippen molar-refractivity contribution in [1.82, 2.24) is 0 Å². The van der Waals surface area contributed by atoms with Crippen molar-refractivity contribution < 1.29 is 5.11 Å². The van der Waals surface area contributed by atoms with Crippen LogP contribution < -0.4 is 0 Å². The predicted octanol–water partition coefficient (Wildman–Crippen LogP) is 3.72. The number of para-hydroxylation sites is 1. The zero-order valence-corrected chi connectivity index (χ0v) is 11.4. The lowest BCUT2D eigenvalue weighted by atomic mass is 9.84. The maximum atomic E-state index is 11.4. The monoisotopic (exact) mass is 271 g/mol. The lowest BCUT2D eigenvalue weighted by Crippen LogP contribution is -2.36. The van der Waals surface area contributed by atoms with Gasteiger partial charge in [0.15, 0.2) is 0 Å². The quantitative estimate of drug-likeness (QED) is 0.664. The second kappa shape index (κ2) is 3.60. The number of nitrogens with zero attached hydrogens (tertiary/aromatic N) is 1. The highest BCUT2D eigenvalue weighted by atomic mass is 16.3. The first-order valence-electron chi connectivity index (χ1n) is 7.19. The fraction of sp³-hybridized carbons (Fsp3) is 0.105. The highest BCUT2D eigenvalue weighted by Gasteiger charge is 2.46. The fourth-order valence-corrected chi connectivity index (χ4v) is 3.73. The van der Waals surface area contributed by atoms with Crippen LogP contribution in [0.4, 0.5) is 5.69 Å². The molecule has 3 aromatic rings. The molecule has 21 heavy (non-hydrogen) atoms. The van der Waals surface area contributed by atoms with Crippen molar-refractivity contribution in [2.24, 2.45) is 4.99 Å². The van der Waals surface area contributed by atoms with Crippen molar-refractivity contribution in [1.29, 1.82) is 0 Å². The summed E-state index contributed by atoms with van der Waals surface area (Å²) < 4.78 is 0. The van der Waals surface area contributed by atoms with E-state index in [1.165, 1.54) is 5.39 Å². The normalized spacial score (nSPS) is 21.9. The van der Waals surface area contributed by atoms with Crippen LogP contribution in [0.2, 0.25) is 0 Å². The number of aliphatic imine (C=N–C) groups is 1. The molecule has 0 amide bonds. The van der Waals surface area contributed by atoms with Gasteiger partial charge in [-0.3, -0.25) is 0 Å². The summed E-state index contributed by atoms with van der Waals surface area (Å²) in [5.74, 6) is 0.